The SMILES string of the molecule is CCNS(=O)c1ccc(OC/C(=C/F)CN)cc1. The minimum absolute atomic E-state index is 0.114. The highest BCUT2D eigenvalue weighted by Gasteiger charge is 2.03. The number of nitrogens with two attached hydrogens (primary N) is 1. The minimum atomic E-state index is -1.20. The molecule has 0 aromatic heterocycles. The van der Waals surface area contributed by atoms with Gasteiger partial charge in [0.25, 0.3) is 0 Å². The molecule has 1 unspecified atom stereocenters. The standard InChI is InChI=1S/C12H17FN2O2S/c1-2-15-18(16)12-5-3-11(4-6-12)17-9-10(7-13)8-14/h3-7,15H,2,8-9,14H2,1H3/b10-7+. The quantitative estimate of drug-likeness (QED) is 0.791. The van der Waals surface area contributed by atoms with E-state index in [0.717, 1.165) is 0 Å². The highest BCUT2D eigenvalue weighted by Crippen LogP contribution is 2.14. The Bertz CT molecular complexity index is 421. The molecular formula is C12H17FN2O2S. The maximum absolute atomic E-state index is 12.2. The van der Waals surface area contributed by atoms with Crippen LogP contribution in [-0.4, -0.2) is 23.9 Å². The van der Waals surface area contributed by atoms with Crippen LogP contribution < -0.4 is 15.2 Å². The smallest absolute Gasteiger partial charge is 0.124 e. The van der Waals surface area contributed by atoms with Gasteiger partial charge in [-0.15, -0.1) is 0 Å². The molecule has 0 aliphatic rings. The number of halogens is 1. The van der Waals surface area contributed by atoms with Crippen molar-refractivity contribution < 1.29 is 13.3 Å². The van der Waals surface area contributed by atoms with Crippen molar-refractivity contribution in [3.05, 3.63) is 36.2 Å². The van der Waals surface area contributed by atoms with Crippen molar-refractivity contribution in [2.75, 3.05) is 19.7 Å². The van der Waals surface area contributed by atoms with Crippen LogP contribution in [-0.2, 0) is 11.0 Å². The molecule has 0 spiro atoms. The van der Waals surface area contributed by atoms with Gasteiger partial charge in [0.05, 0.1) is 11.2 Å². The second-order valence-corrected chi connectivity index (χ2v) is 4.80. The Morgan fingerprint density at radius 1 is 1.50 bits per heavy atom. The molecule has 0 amide bonds. The van der Waals surface area contributed by atoms with Crippen molar-refractivity contribution in [3.63, 3.8) is 0 Å². The van der Waals surface area contributed by atoms with E-state index in [1.165, 1.54) is 0 Å². The molecule has 0 bridgehead atoms. The molecule has 1 aromatic rings. The van der Waals surface area contributed by atoms with Gasteiger partial charge in [-0.25, -0.2) is 13.3 Å². The van der Waals surface area contributed by atoms with Crippen molar-refractivity contribution >= 4 is 11.0 Å². The van der Waals surface area contributed by atoms with Gasteiger partial charge in [0, 0.05) is 18.7 Å². The zero-order chi connectivity index (χ0) is 13.4. The summed E-state index contributed by atoms with van der Waals surface area (Å²) in [6, 6.07) is 6.79. The largest absolute Gasteiger partial charge is 0.489 e. The predicted molar refractivity (Wildman–Crippen MR) is 70.3 cm³/mol. The van der Waals surface area contributed by atoms with E-state index in [0.29, 0.717) is 29.1 Å². The summed E-state index contributed by atoms with van der Waals surface area (Å²) in [7, 11) is -1.20. The fraction of sp³-hybridized carbons (Fsp3) is 0.333. The predicted octanol–water partition coefficient (Wildman–Crippen LogP) is 1.51. The van der Waals surface area contributed by atoms with Crippen LogP contribution >= 0.6 is 0 Å². The lowest BCUT2D eigenvalue weighted by Gasteiger charge is -2.08. The topological polar surface area (TPSA) is 64.3 Å². The average molecular weight is 272 g/mol. The van der Waals surface area contributed by atoms with Gasteiger partial charge < -0.3 is 10.5 Å². The van der Waals surface area contributed by atoms with E-state index in [1.807, 2.05) is 6.92 Å². The summed E-state index contributed by atoms with van der Waals surface area (Å²) in [5.74, 6) is 0.583. The Morgan fingerprint density at radius 3 is 2.67 bits per heavy atom. The minimum Gasteiger partial charge on any atom is -0.489 e. The Kier molecular flexibility index (Phi) is 6.56. The van der Waals surface area contributed by atoms with Gasteiger partial charge in [-0.1, -0.05) is 6.92 Å². The Hall–Kier alpha value is -1.24. The number of rotatable bonds is 7. The maximum atomic E-state index is 12.2. The van der Waals surface area contributed by atoms with E-state index in [-0.39, 0.29) is 13.2 Å². The Balaban J connectivity index is 2.58. The molecule has 100 valence electrons. The van der Waals surface area contributed by atoms with Gasteiger partial charge in [0.1, 0.15) is 23.3 Å². The fourth-order valence-electron chi connectivity index (χ4n) is 1.18. The fourth-order valence-corrected chi connectivity index (χ4v) is 2.00. The molecule has 0 aliphatic carbocycles. The van der Waals surface area contributed by atoms with Crippen LogP contribution in [0.15, 0.2) is 41.1 Å². The second-order valence-electron chi connectivity index (χ2n) is 3.50. The monoisotopic (exact) mass is 272 g/mol. The molecular weight excluding hydrogens is 255 g/mol. The molecule has 0 fully saturated rings. The van der Waals surface area contributed by atoms with Crippen molar-refractivity contribution in [1.82, 2.24) is 4.72 Å². The van der Waals surface area contributed by atoms with Gasteiger partial charge >= 0.3 is 0 Å². The molecule has 18 heavy (non-hydrogen) atoms. The molecule has 0 radical (unpaired) electrons. The summed E-state index contributed by atoms with van der Waals surface area (Å²) in [6.45, 7) is 2.75. The molecule has 0 saturated heterocycles. The van der Waals surface area contributed by atoms with Crippen LogP contribution in [0.3, 0.4) is 0 Å². The van der Waals surface area contributed by atoms with Gasteiger partial charge in [-0.3, -0.25) is 0 Å². The van der Waals surface area contributed by atoms with Crippen LogP contribution in [0.4, 0.5) is 4.39 Å². The van der Waals surface area contributed by atoms with Crippen LogP contribution in [0.1, 0.15) is 6.92 Å². The van der Waals surface area contributed by atoms with Gasteiger partial charge in [0.2, 0.25) is 0 Å². The number of hydrogen-bond acceptors (Lipinski definition) is 3. The first-order chi connectivity index (χ1) is 8.71. The third kappa shape index (κ3) is 4.56. The van der Waals surface area contributed by atoms with Gasteiger partial charge in [0.15, 0.2) is 0 Å². The first-order valence-electron chi connectivity index (χ1n) is 5.57. The van der Waals surface area contributed by atoms with E-state index in [4.69, 9.17) is 10.5 Å². The summed E-state index contributed by atoms with van der Waals surface area (Å²) in [5.41, 5.74) is 5.69. The lowest BCUT2D eigenvalue weighted by Crippen LogP contribution is -2.16. The summed E-state index contributed by atoms with van der Waals surface area (Å²) in [5, 5.41) is 0. The third-order valence-corrected chi connectivity index (χ3v) is 3.41. The van der Waals surface area contributed by atoms with Crippen molar-refractivity contribution in [2.24, 2.45) is 5.73 Å². The molecule has 1 aromatic carbocycles. The lowest BCUT2D eigenvalue weighted by atomic mass is 10.3. The summed E-state index contributed by atoms with van der Waals surface area (Å²) in [4.78, 5) is 0.671. The zero-order valence-electron chi connectivity index (χ0n) is 10.2. The number of ether oxygens (including phenoxy) is 1. The first kappa shape index (κ1) is 14.8. The molecule has 0 aliphatic heterocycles. The molecule has 0 saturated carbocycles. The molecule has 4 nitrogen and oxygen atoms in total. The van der Waals surface area contributed by atoms with Crippen LogP contribution in [0.5, 0.6) is 5.75 Å². The van der Waals surface area contributed by atoms with Crippen LogP contribution in [0, 0.1) is 0 Å². The van der Waals surface area contributed by atoms with Crippen LogP contribution in [0.25, 0.3) is 0 Å². The van der Waals surface area contributed by atoms with E-state index in [9.17, 15) is 8.60 Å². The summed E-state index contributed by atoms with van der Waals surface area (Å²) >= 11 is 0. The normalized spacial score (nSPS) is 13.4. The molecule has 3 N–H and O–H groups in total. The average Bonchev–Trinajstić information content (AvgIpc) is 2.41. The van der Waals surface area contributed by atoms with E-state index < -0.39 is 11.0 Å². The van der Waals surface area contributed by atoms with E-state index >= 15 is 0 Å². The first-order valence-corrected chi connectivity index (χ1v) is 6.72. The van der Waals surface area contributed by atoms with Crippen molar-refractivity contribution in [2.45, 2.75) is 11.8 Å². The van der Waals surface area contributed by atoms with Crippen molar-refractivity contribution in [3.8, 4) is 5.75 Å². The Morgan fingerprint density at radius 2 is 2.17 bits per heavy atom. The number of benzene rings is 1. The second kappa shape index (κ2) is 7.97. The maximum Gasteiger partial charge on any atom is 0.124 e. The Labute approximate surface area is 109 Å². The van der Waals surface area contributed by atoms with E-state index in [2.05, 4.69) is 4.72 Å². The van der Waals surface area contributed by atoms with Gasteiger partial charge in [-0.2, -0.15) is 0 Å². The zero-order valence-corrected chi connectivity index (χ0v) is 11.0. The summed E-state index contributed by atoms with van der Waals surface area (Å²) < 4.78 is 32.0. The lowest BCUT2D eigenvalue weighted by molar-refractivity contribution is 0.347. The summed E-state index contributed by atoms with van der Waals surface area (Å²) in [6.07, 6.45) is 0.453. The van der Waals surface area contributed by atoms with E-state index in [1.54, 1.807) is 24.3 Å². The third-order valence-electron chi connectivity index (χ3n) is 2.15. The van der Waals surface area contributed by atoms with Gasteiger partial charge in [-0.05, 0) is 24.3 Å². The van der Waals surface area contributed by atoms with Crippen molar-refractivity contribution in [1.29, 1.82) is 0 Å². The number of hydrogen-bond donors (Lipinski definition) is 2. The highest BCUT2D eigenvalue weighted by atomic mass is 32.2. The molecule has 0 heterocycles. The molecule has 6 heteroatoms. The molecule has 1 atom stereocenters. The number of nitrogens with one attached hydrogen (secondary N) is 1. The highest BCUT2D eigenvalue weighted by molar-refractivity contribution is 7.83. The molecule has 1 rings (SSSR count). The van der Waals surface area contributed by atoms with Crippen LogP contribution in [0.2, 0.25) is 0 Å².